The quantitative estimate of drug-likeness (QED) is 0.673. The van der Waals surface area contributed by atoms with E-state index in [0.29, 0.717) is 29.6 Å². The first kappa shape index (κ1) is 20.3. The van der Waals surface area contributed by atoms with Gasteiger partial charge in [-0.05, 0) is 39.3 Å². The maximum Gasteiger partial charge on any atom is 0.293 e. The van der Waals surface area contributed by atoms with Gasteiger partial charge < -0.3 is 5.32 Å². The van der Waals surface area contributed by atoms with Crippen LogP contribution in [0.15, 0.2) is 41.2 Å². The number of aryl methyl sites for hydroxylation is 1. The van der Waals surface area contributed by atoms with Gasteiger partial charge in [0.25, 0.3) is 5.56 Å². The van der Waals surface area contributed by atoms with E-state index in [-0.39, 0.29) is 18.0 Å². The van der Waals surface area contributed by atoms with Crippen molar-refractivity contribution >= 4 is 11.4 Å². The molecule has 0 radical (unpaired) electrons. The number of rotatable bonds is 6. The fourth-order valence-electron chi connectivity index (χ4n) is 4.05. The van der Waals surface area contributed by atoms with E-state index in [1.807, 2.05) is 30.3 Å². The summed E-state index contributed by atoms with van der Waals surface area (Å²) >= 11 is 0. The van der Waals surface area contributed by atoms with Crippen LogP contribution in [0.3, 0.4) is 0 Å². The van der Waals surface area contributed by atoms with Gasteiger partial charge in [-0.2, -0.15) is 10.2 Å². The van der Waals surface area contributed by atoms with Crippen LogP contribution >= 0.6 is 0 Å². The number of fused-ring (bicyclic) bond motifs is 1. The molecule has 1 fully saturated rings. The minimum absolute atomic E-state index is 0.0996. The topological polar surface area (TPSA) is 84.5 Å². The fraction of sp³-hybridized carbons (Fsp3) is 0.455. The van der Waals surface area contributed by atoms with Crippen molar-refractivity contribution in [3.05, 3.63) is 52.6 Å². The lowest BCUT2D eigenvalue weighted by molar-refractivity contribution is -0.122. The van der Waals surface area contributed by atoms with E-state index < -0.39 is 0 Å². The van der Waals surface area contributed by atoms with Crippen LogP contribution in [0.1, 0.15) is 32.0 Å². The summed E-state index contributed by atoms with van der Waals surface area (Å²) < 4.78 is 2.76. The molecule has 0 saturated carbocycles. The van der Waals surface area contributed by atoms with Gasteiger partial charge in [-0.15, -0.1) is 0 Å². The van der Waals surface area contributed by atoms with Gasteiger partial charge in [-0.3, -0.25) is 14.5 Å². The third-order valence-electron chi connectivity index (χ3n) is 5.76. The molecule has 3 heterocycles. The Bertz CT molecular complexity index is 1090. The lowest BCUT2D eigenvalue weighted by Crippen LogP contribution is -2.43. The van der Waals surface area contributed by atoms with Crippen LogP contribution < -0.4 is 10.9 Å². The van der Waals surface area contributed by atoms with Crippen molar-refractivity contribution in [1.29, 1.82) is 0 Å². The van der Waals surface area contributed by atoms with Crippen molar-refractivity contribution in [3.63, 3.8) is 0 Å². The zero-order valence-electron chi connectivity index (χ0n) is 17.5. The van der Waals surface area contributed by atoms with E-state index >= 15 is 0 Å². The summed E-state index contributed by atoms with van der Waals surface area (Å²) in [6.45, 7) is 6.40. The molecule has 1 aliphatic rings. The second kappa shape index (κ2) is 8.79. The Morgan fingerprint density at radius 2 is 2.00 bits per heavy atom. The molecule has 1 atom stereocenters. The molecule has 158 valence electrons. The minimum atomic E-state index is -0.324. The molecule has 1 N–H and O–H groups in total. The summed E-state index contributed by atoms with van der Waals surface area (Å²) in [6.07, 6.45) is 3.71. The summed E-state index contributed by atoms with van der Waals surface area (Å²) in [5.41, 5.74) is 1.72. The fourth-order valence-corrected chi connectivity index (χ4v) is 4.05. The highest BCUT2D eigenvalue weighted by molar-refractivity contribution is 5.75. The molecule has 8 heteroatoms. The van der Waals surface area contributed by atoms with Crippen LogP contribution in [0.5, 0.6) is 0 Å². The van der Waals surface area contributed by atoms with Crippen LogP contribution in [0, 0.1) is 6.92 Å². The number of benzene rings is 1. The number of piperidine rings is 1. The number of nitrogens with zero attached hydrogens (tertiary/aromatic N) is 5. The molecule has 0 unspecified atom stereocenters. The van der Waals surface area contributed by atoms with Gasteiger partial charge in [-0.25, -0.2) is 9.20 Å². The van der Waals surface area contributed by atoms with Crippen molar-refractivity contribution in [2.45, 2.75) is 45.7 Å². The summed E-state index contributed by atoms with van der Waals surface area (Å²) in [4.78, 5) is 27.7. The summed E-state index contributed by atoms with van der Waals surface area (Å²) in [6, 6.07) is 12.0. The predicted molar refractivity (Wildman–Crippen MR) is 115 cm³/mol. The highest BCUT2D eigenvalue weighted by atomic mass is 16.2. The molecular formula is C22H28N6O2. The number of amides is 1. The molecule has 0 spiro atoms. The molecule has 1 aromatic carbocycles. The Kier molecular flexibility index (Phi) is 5.94. The molecule has 2 aromatic heterocycles. The number of carbonyl (C=O) groups excluding carboxylic acids is 1. The monoisotopic (exact) mass is 408 g/mol. The van der Waals surface area contributed by atoms with Crippen LogP contribution in [-0.2, 0) is 11.3 Å². The Labute approximate surface area is 175 Å². The number of nitrogens with one attached hydrogen (secondary N) is 1. The van der Waals surface area contributed by atoms with Crippen molar-refractivity contribution < 1.29 is 4.79 Å². The minimum Gasteiger partial charge on any atom is -0.353 e. The number of carbonyl (C=O) groups is 1. The van der Waals surface area contributed by atoms with Gasteiger partial charge in [-0.1, -0.05) is 36.8 Å². The average Bonchev–Trinajstić information content (AvgIpc) is 3.20. The maximum absolute atomic E-state index is 12.9. The second-order valence-corrected chi connectivity index (χ2v) is 7.93. The van der Waals surface area contributed by atoms with Crippen LogP contribution in [-0.4, -0.2) is 55.9 Å². The first-order valence-electron chi connectivity index (χ1n) is 10.6. The van der Waals surface area contributed by atoms with E-state index in [0.717, 1.165) is 18.7 Å². The third kappa shape index (κ3) is 4.28. The summed E-state index contributed by atoms with van der Waals surface area (Å²) in [5.74, 6) is 0.350. The van der Waals surface area contributed by atoms with Gasteiger partial charge in [0.15, 0.2) is 0 Å². The molecule has 1 saturated heterocycles. The van der Waals surface area contributed by atoms with E-state index in [9.17, 15) is 9.59 Å². The van der Waals surface area contributed by atoms with Gasteiger partial charge in [0.2, 0.25) is 5.91 Å². The van der Waals surface area contributed by atoms with E-state index in [1.54, 1.807) is 13.0 Å². The van der Waals surface area contributed by atoms with Crippen molar-refractivity contribution in [1.82, 2.24) is 29.6 Å². The third-order valence-corrected chi connectivity index (χ3v) is 5.76. The van der Waals surface area contributed by atoms with Gasteiger partial charge in [0.1, 0.15) is 17.9 Å². The van der Waals surface area contributed by atoms with Gasteiger partial charge >= 0.3 is 0 Å². The Hall–Kier alpha value is -3.00. The number of likely N-dealkylation sites (tertiary alicyclic amines) is 1. The summed E-state index contributed by atoms with van der Waals surface area (Å²) in [5, 5.41) is 11.7. The van der Waals surface area contributed by atoms with E-state index in [1.165, 1.54) is 28.5 Å². The highest BCUT2D eigenvalue weighted by Gasteiger charge is 2.18. The molecule has 4 rings (SSSR count). The molecule has 8 nitrogen and oxygen atoms in total. The van der Waals surface area contributed by atoms with Crippen LogP contribution in [0.2, 0.25) is 0 Å². The van der Waals surface area contributed by atoms with Crippen molar-refractivity contribution in [3.8, 4) is 11.3 Å². The van der Waals surface area contributed by atoms with Gasteiger partial charge in [0.05, 0.1) is 5.69 Å². The molecule has 30 heavy (non-hydrogen) atoms. The molecule has 3 aromatic rings. The standard InChI is InChI=1S/C22H28N6O2/c1-16-8-6-7-12-26(16)13-11-23-21(29)15-27-22(30)20-14-19(18-9-4-3-5-10-18)25-28(20)17(2)24-27/h3-5,9-10,14,16H,6-8,11-13,15H2,1-2H3,(H,23,29)/t16-/m0/s1. The molecule has 0 bridgehead atoms. The number of aromatic nitrogens is 4. The molecule has 1 amide bonds. The van der Waals surface area contributed by atoms with E-state index in [4.69, 9.17) is 0 Å². The van der Waals surface area contributed by atoms with Crippen molar-refractivity contribution in [2.75, 3.05) is 19.6 Å². The van der Waals surface area contributed by atoms with Gasteiger partial charge in [0, 0.05) is 24.7 Å². The number of hydrogen-bond donors (Lipinski definition) is 1. The second-order valence-electron chi connectivity index (χ2n) is 7.93. The zero-order valence-corrected chi connectivity index (χ0v) is 17.5. The first-order valence-corrected chi connectivity index (χ1v) is 10.6. The van der Waals surface area contributed by atoms with Crippen LogP contribution in [0.25, 0.3) is 16.8 Å². The SMILES string of the molecule is Cc1nn(CC(=O)NCCN2CCCC[C@@H]2C)c(=O)c2cc(-c3ccccc3)nn12. The Morgan fingerprint density at radius 3 is 2.77 bits per heavy atom. The van der Waals surface area contributed by atoms with Crippen LogP contribution in [0.4, 0.5) is 0 Å². The molecular weight excluding hydrogens is 380 g/mol. The van der Waals surface area contributed by atoms with E-state index in [2.05, 4.69) is 27.3 Å². The lowest BCUT2D eigenvalue weighted by Gasteiger charge is -2.33. The Morgan fingerprint density at radius 1 is 1.20 bits per heavy atom. The first-order chi connectivity index (χ1) is 14.5. The Balaban J connectivity index is 1.45. The smallest absolute Gasteiger partial charge is 0.293 e. The van der Waals surface area contributed by atoms with Crippen molar-refractivity contribution in [2.24, 2.45) is 0 Å². The lowest BCUT2D eigenvalue weighted by atomic mass is 10.0. The summed E-state index contributed by atoms with van der Waals surface area (Å²) in [7, 11) is 0. The largest absolute Gasteiger partial charge is 0.353 e. The highest BCUT2D eigenvalue weighted by Crippen LogP contribution is 2.18. The predicted octanol–water partition coefficient (Wildman–Crippen LogP) is 1.86. The zero-order chi connectivity index (χ0) is 21.1. The normalized spacial score (nSPS) is 17.3. The molecule has 0 aliphatic carbocycles. The maximum atomic E-state index is 12.9. The molecule has 1 aliphatic heterocycles. The average molecular weight is 409 g/mol. The number of hydrogen-bond acceptors (Lipinski definition) is 5.